The van der Waals surface area contributed by atoms with Crippen molar-refractivity contribution in [1.29, 1.82) is 0 Å². The van der Waals surface area contributed by atoms with Crippen molar-refractivity contribution in [2.75, 3.05) is 31.2 Å². The monoisotopic (exact) mass is 287 g/mol. The molecule has 0 atom stereocenters. The number of aryl methyl sites for hydroxylation is 1. The summed E-state index contributed by atoms with van der Waals surface area (Å²) >= 11 is 0. The third kappa shape index (κ3) is 2.54. The van der Waals surface area contributed by atoms with Gasteiger partial charge in [-0.05, 0) is 12.5 Å². The molecular weight excluding hydrogens is 270 g/mol. The predicted octanol–water partition coefficient (Wildman–Crippen LogP) is 1.73. The van der Waals surface area contributed by atoms with Gasteiger partial charge in [-0.15, -0.1) is 0 Å². The Bertz CT molecular complexity index is 681. The van der Waals surface area contributed by atoms with Gasteiger partial charge < -0.3 is 14.7 Å². The highest BCUT2D eigenvalue weighted by molar-refractivity contribution is 5.98. The van der Waals surface area contributed by atoms with Crippen molar-refractivity contribution in [3.8, 4) is 0 Å². The summed E-state index contributed by atoms with van der Waals surface area (Å²) in [5.74, 6) is -0.939. The lowest BCUT2D eigenvalue weighted by atomic mass is 10.1. The Hall–Kier alpha value is -2.21. The minimum Gasteiger partial charge on any atom is -0.478 e. The smallest absolute Gasteiger partial charge is 0.337 e. The van der Waals surface area contributed by atoms with Crippen LogP contribution in [0.3, 0.4) is 0 Å². The van der Waals surface area contributed by atoms with Gasteiger partial charge in [0.25, 0.3) is 0 Å². The molecule has 2 aromatic heterocycles. The van der Waals surface area contributed by atoms with Crippen LogP contribution in [0.5, 0.6) is 0 Å². The Morgan fingerprint density at radius 1 is 1.38 bits per heavy atom. The number of fused-ring (bicyclic) bond motifs is 1. The van der Waals surface area contributed by atoms with Crippen LogP contribution >= 0.6 is 0 Å². The standard InChI is InChI=1S/C15H17N3O3/c1-2-12-11(15(19)20)7-10-13(17-12)8-16-9-14(10)18-3-5-21-6-4-18/h7-9H,2-6H2,1H3,(H,19,20). The molecule has 1 aliphatic heterocycles. The molecule has 0 amide bonds. The highest BCUT2D eigenvalue weighted by Crippen LogP contribution is 2.27. The van der Waals surface area contributed by atoms with Gasteiger partial charge >= 0.3 is 5.97 Å². The zero-order valence-electron chi connectivity index (χ0n) is 11.9. The SMILES string of the molecule is CCc1nc2cncc(N3CCOCC3)c2cc1C(=O)O. The average molecular weight is 287 g/mol. The average Bonchev–Trinajstić information content (AvgIpc) is 2.53. The Kier molecular flexibility index (Phi) is 3.70. The van der Waals surface area contributed by atoms with Crippen molar-refractivity contribution in [1.82, 2.24) is 9.97 Å². The van der Waals surface area contributed by atoms with E-state index in [0.29, 0.717) is 25.3 Å². The van der Waals surface area contributed by atoms with Crippen molar-refractivity contribution in [2.24, 2.45) is 0 Å². The third-order valence-electron chi connectivity index (χ3n) is 3.72. The van der Waals surface area contributed by atoms with Crippen LogP contribution < -0.4 is 4.90 Å². The molecule has 6 heteroatoms. The molecule has 0 spiro atoms. The summed E-state index contributed by atoms with van der Waals surface area (Å²) in [6.07, 6.45) is 4.04. The molecule has 0 radical (unpaired) electrons. The first-order valence-electron chi connectivity index (χ1n) is 7.04. The predicted molar refractivity (Wildman–Crippen MR) is 78.9 cm³/mol. The molecular formula is C15H17N3O3. The van der Waals surface area contributed by atoms with Crippen LogP contribution in [-0.2, 0) is 11.2 Å². The molecule has 3 rings (SSSR count). The fraction of sp³-hybridized carbons (Fsp3) is 0.400. The number of morpholine rings is 1. The molecule has 6 nitrogen and oxygen atoms in total. The van der Waals surface area contributed by atoms with E-state index in [4.69, 9.17) is 4.74 Å². The van der Waals surface area contributed by atoms with Gasteiger partial charge in [0.1, 0.15) is 0 Å². The first kappa shape index (κ1) is 13.8. The maximum Gasteiger partial charge on any atom is 0.337 e. The van der Waals surface area contributed by atoms with Gasteiger partial charge in [-0.2, -0.15) is 0 Å². The molecule has 1 saturated heterocycles. The van der Waals surface area contributed by atoms with E-state index in [1.165, 1.54) is 0 Å². The van der Waals surface area contributed by atoms with Crippen LogP contribution in [0, 0.1) is 0 Å². The van der Waals surface area contributed by atoms with Gasteiger partial charge in [0.15, 0.2) is 0 Å². The van der Waals surface area contributed by atoms with E-state index in [1.54, 1.807) is 18.5 Å². The highest BCUT2D eigenvalue weighted by Gasteiger charge is 2.18. The molecule has 21 heavy (non-hydrogen) atoms. The second-order valence-electron chi connectivity index (χ2n) is 4.97. The van der Waals surface area contributed by atoms with Crippen LogP contribution in [0.2, 0.25) is 0 Å². The number of ether oxygens (including phenoxy) is 1. The van der Waals surface area contributed by atoms with Crippen molar-refractivity contribution < 1.29 is 14.6 Å². The Morgan fingerprint density at radius 3 is 2.81 bits per heavy atom. The van der Waals surface area contributed by atoms with Gasteiger partial charge in [0, 0.05) is 18.5 Å². The molecule has 1 fully saturated rings. The van der Waals surface area contributed by atoms with Crippen molar-refractivity contribution in [2.45, 2.75) is 13.3 Å². The van der Waals surface area contributed by atoms with E-state index in [-0.39, 0.29) is 5.56 Å². The van der Waals surface area contributed by atoms with Crippen LogP contribution in [0.4, 0.5) is 5.69 Å². The number of rotatable bonds is 3. The second kappa shape index (κ2) is 5.65. The summed E-state index contributed by atoms with van der Waals surface area (Å²) in [5.41, 5.74) is 2.52. The Labute approximate surface area is 122 Å². The van der Waals surface area contributed by atoms with E-state index in [2.05, 4.69) is 14.9 Å². The topological polar surface area (TPSA) is 75.5 Å². The summed E-state index contributed by atoms with van der Waals surface area (Å²) in [6, 6.07) is 1.72. The summed E-state index contributed by atoms with van der Waals surface area (Å²) in [4.78, 5) is 22.3. The number of hydrogen-bond acceptors (Lipinski definition) is 5. The van der Waals surface area contributed by atoms with Crippen LogP contribution in [-0.4, -0.2) is 47.3 Å². The lowest BCUT2D eigenvalue weighted by molar-refractivity contribution is 0.0695. The minimum absolute atomic E-state index is 0.269. The summed E-state index contributed by atoms with van der Waals surface area (Å²) in [6.45, 7) is 4.79. The highest BCUT2D eigenvalue weighted by atomic mass is 16.5. The molecule has 0 aromatic carbocycles. The number of aromatic nitrogens is 2. The Morgan fingerprint density at radius 2 is 2.14 bits per heavy atom. The zero-order chi connectivity index (χ0) is 14.8. The quantitative estimate of drug-likeness (QED) is 0.926. The van der Waals surface area contributed by atoms with Crippen molar-refractivity contribution in [3.63, 3.8) is 0 Å². The lowest BCUT2D eigenvalue weighted by Gasteiger charge is -2.29. The van der Waals surface area contributed by atoms with Crippen LogP contribution in [0.1, 0.15) is 23.0 Å². The van der Waals surface area contributed by atoms with Crippen molar-refractivity contribution >= 4 is 22.6 Å². The fourth-order valence-corrected chi connectivity index (χ4v) is 2.63. The van der Waals surface area contributed by atoms with Crippen LogP contribution in [0.15, 0.2) is 18.5 Å². The minimum atomic E-state index is -0.939. The molecule has 110 valence electrons. The van der Waals surface area contributed by atoms with E-state index < -0.39 is 5.97 Å². The maximum atomic E-state index is 11.4. The van der Waals surface area contributed by atoms with E-state index in [0.717, 1.165) is 29.7 Å². The number of pyridine rings is 2. The molecule has 0 aliphatic carbocycles. The fourth-order valence-electron chi connectivity index (χ4n) is 2.63. The first-order valence-corrected chi connectivity index (χ1v) is 7.04. The zero-order valence-corrected chi connectivity index (χ0v) is 11.9. The van der Waals surface area contributed by atoms with Gasteiger partial charge in [-0.1, -0.05) is 6.92 Å². The largest absolute Gasteiger partial charge is 0.478 e. The van der Waals surface area contributed by atoms with Crippen molar-refractivity contribution in [3.05, 3.63) is 29.7 Å². The summed E-state index contributed by atoms with van der Waals surface area (Å²) < 4.78 is 5.36. The lowest BCUT2D eigenvalue weighted by Crippen LogP contribution is -2.36. The molecule has 1 N–H and O–H groups in total. The molecule has 2 aromatic rings. The van der Waals surface area contributed by atoms with E-state index in [1.807, 2.05) is 6.92 Å². The summed E-state index contributed by atoms with van der Waals surface area (Å²) in [7, 11) is 0. The second-order valence-corrected chi connectivity index (χ2v) is 4.97. The van der Waals surface area contributed by atoms with Crippen LogP contribution in [0.25, 0.3) is 10.9 Å². The molecule has 0 bridgehead atoms. The molecule has 1 aliphatic rings. The molecule has 3 heterocycles. The van der Waals surface area contributed by atoms with Gasteiger partial charge in [-0.3, -0.25) is 9.97 Å². The van der Waals surface area contributed by atoms with Gasteiger partial charge in [-0.25, -0.2) is 4.79 Å². The number of hydrogen-bond donors (Lipinski definition) is 1. The van der Waals surface area contributed by atoms with E-state index in [9.17, 15) is 9.90 Å². The number of carboxylic acid groups (broad SMARTS) is 1. The number of carbonyl (C=O) groups is 1. The third-order valence-corrected chi connectivity index (χ3v) is 3.72. The number of aromatic carboxylic acids is 1. The number of nitrogens with zero attached hydrogens (tertiary/aromatic N) is 3. The Balaban J connectivity index is 2.17. The van der Waals surface area contributed by atoms with E-state index >= 15 is 0 Å². The normalized spacial score (nSPS) is 15.4. The number of anilines is 1. The summed E-state index contributed by atoms with van der Waals surface area (Å²) in [5, 5.41) is 10.2. The van der Waals surface area contributed by atoms with Gasteiger partial charge in [0.05, 0.1) is 48.1 Å². The van der Waals surface area contributed by atoms with Gasteiger partial charge in [0.2, 0.25) is 0 Å². The molecule has 0 unspecified atom stereocenters. The first-order chi connectivity index (χ1) is 10.2. The maximum absolute atomic E-state index is 11.4. The molecule has 0 saturated carbocycles. The number of carboxylic acids is 1.